The van der Waals surface area contributed by atoms with Gasteiger partial charge in [0.15, 0.2) is 9.84 Å². The summed E-state index contributed by atoms with van der Waals surface area (Å²) in [6.45, 7) is 1.50. The first-order valence-corrected chi connectivity index (χ1v) is 10.3. The minimum Gasteiger partial charge on any atom is -0.478 e. The Morgan fingerprint density at radius 3 is 2.33 bits per heavy atom. The SMILES string of the molecule is CCS(=O)(=O)CCCS(=O)(=O)c1cc(C(=O)O)ccc1Br. The normalized spacial score (nSPS) is 12.3. The van der Waals surface area contributed by atoms with E-state index in [4.69, 9.17) is 5.11 Å². The van der Waals surface area contributed by atoms with Gasteiger partial charge in [-0.05, 0) is 40.5 Å². The zero-order valence-corrected chi connectivity index (χ0v) is 14.5. The van der Waals surface area contributed by atoms with Gasteiger partial charge in [0.1, 0.15) is 9.84 Å². The second-order valence-electron chi connectivity index (χ2n) is 4.36. The van der Waals surface area contributed by atoms with Crippen molar-refractivity contribution < 1.29 is 26.7 Å². The van der Waals surface area contributed by atoms with Crippen molar-refractivity contribution in [2.24, 2.45) is 0 Å². The van der Waals surface area contributed by atoms with Crippen LogP contribution in [0.1, 0.15) is 23.7 Å². The summed E-state index contributed by atoms with van der Waals surface area (Å²) in [5.41, 5.74) is -0.141. The lowest BCUT2D eigenvalue weighted by atomic mass is 10.2. The van der Waals surface area contributed by atoms with Crippen LogP contribution in [0.5, 0.6) is 0 Å². The highest BCUT2D eigenvalue weighted by Crippen LogP contribution is 2.25. The molecule has 0 aliphatic rings. The highest BCUT2D eigenvalue weighted by molar-refractivity contribution is 9.10. The van der Waals surface area contributed by atoms with Crippen molar-refractivity contribution in [2.75, 3.05) is 17.3 Å². The van der Waals surface area contributed by atoms with Crippen LogP contribution in [0.3, 0.4) is 0 Å². The van der Waals surface area contributed by atoms with E-state index >= 15 is 0 Å². The van der Waals surface area contributed by atoms with Gasteiger partial charge in [0, 0.05) is 10.2 Å². The Kier molecular flexibility index (Phi) is 5.94. The molecule has 21 heavy (non-hydrogen) atoms. The Labute approximate surface area is 132 Å². The Hall–Kier alpha value is -0.930. The lowest BCUT2D eigenvalue weighted by Crippen LogP contribution is -2.15. The first-order chi connectivity index (χ1) is 9.59. The number of hydrogen-bond acceptors (Lipinski definition) is 5. The van der Waals surface area contributed by atoms with Gasteiger partial charge in [0.2, 0.25) is 0 Å². The third kappa shape index (κ3) is 5.08. The number of rotatable bonds is 7. The lowest BCUT2D eigenvalue weighted by Gasteiger charge is -2.08. The predicted octanol–water partition coefficient (Wildman–Crippen LogP) is 1.75. The minimum absolute atomic E-state index is 0.0255. The van der Waals surface area contributed by atoms with Gasteiger partial charge in [0.05, 0.1) is 22.0 Å². The van der Waals surface area contributed by atoms with Crippen molar-refractivity contribution in [3.8, 4) is 0 Å². The van der Waals surface area contributed by atoms with Gasteiger partial charge in [-0.3, -0.25) is 0 Å². The maximum Gasteiger partial charge on any atom is 0.335 e. The molecule has 0 unspecified atom stereocenters. The summed E-state index contributed by atoms with van der Waals surface area (Å²) in [6, 6.07) is 3.70. The van der Waals surface area contributed by atoms with Gasteiger partial charge in [-0.2, -0.15) is 0 Å². The number of benzene rings is 1. The molecule has 9 heteroatoms. The molecule has 0 aliphatic heterocycles. The molecule has 1 aromatic rings. The largest absolute Gasteiger partial charge is 0.478 e. The van der Waals surface area contributed by atoms with Gasteiger partial charge in [-0.25, -0.2) is 21.6 Å². The number of sulfone groups is 2. The molecule has 0 amide bonds. The number of aromatic carboxylic acids is 1. The highest BCUT2D eigenvalue weighted by atomic mass is 79.9. The fourth-order valence-corrected chi connectivity index (χ4v) is 5.06. The molecule has 1 rings (SSSR count). The van der Waals surface area contributed by atoms with Gasteiger partial charge in [-0.15, -0.1) is 0 Å². The van der Waals surface area contributed by atoms with Crippen molar-refractivity contribution in [3.63, 3.8) is 0 Å². The predicted molar refractivity (Wildman–Crippen MR) is 82.1 cm³/mol. The monoisotopic (exact) mass is 398 g/mol. The van der Waals surface area contributed by atoms with Gasteiger partial charge < -0.3 is 5.11 Å². The van der Waals surface area contributed by atoms with E-state index in [1.807, 2.05) is 0 Å². The molecule has 0 heterocycles. The van der Waals surface area contributed by atoms with E-state index in [-0.39, 0.29) is 38.6 Å². The molecular formula is C12H15BrO6S2. The Morgan fingerprint density at radius 2 is 1.81 bits per heavy atom. The number of carboxylic acids is 1. The molecule has 0 bridgehead atoms. The molecule has 1 N–H and O–H groups in total. The van der Waals surface area contributed by atoms with E-state index in [9.17, 15) is 21.6 Å². The average molecular weight is 399 g/mol. The number of carbonyl (C=O) groups is 1. The lowest BCUT2D eigenvalue weighted by molar-refractivity contribution is 0.0696. The molecule has 118 valence electrons. The van der Waals surface area contributed by atoms with Crippen LogP contribution in [0.15, 0.2) is 27.6 Å². The zero-order valence-electron chi connectivity index (χ0n) is 11.2. The third-order valence-corrected chi connectivity index (χ3v) is 7.40. The molecule has 1 aromatic carbocycles. The van der Waals surface area contributed by atoms with Crippen LogP contribution in [-0.2, 0) is 19.7 Å². The first kappa shape index (κ1) is 18.1. The molecule has 0 saturated heterocycles. The maximum absolute atomic E-state index is 12.2. The van der Waals surface area contributed by atoms with Crippen molar-refractivity contribution in [1.82, 2.24) is 0 Å². The molecule has 0 radical (unpaired) electrons. The van der Waals surface area contributed by atoms with E-state index in [2.05, 4.69) is 15.9 Å². The molecule has 0 saturated carbocycles. The fourth-order valence-electron chi connectivity index (χ4n) is 1.60. The third-order valence-electron chi connectivity index (χ3n) is 2.82. The molecule has 0 fully saturated rings. The van der Waals surface area contributed by atoms with Crippen molar-refractivity contribution in [2.45, 2.75) is 18.2 Å². The molecule has 6 nitrogen and oxygen atoms in total. The summed E-state index contributed by atoms with van der Waals surface area (Å²) < 4.78 is 47.3. The Bertz CT molecular complexity index is 737. The number of carboxylic acid groups (broad SMARTS) is 1. The highest BCUT2D eigenvalue weighted by Gasteiger charge is 2.21. The van der Waals surface area contributed by atoms with E-state index in [1.165, 1.54) is 19.1 Å². The van der Waals surface area contributed by atoms with Gasteiger partial charge in [0.25, 0.3) is 0 Å². The van der Waals surface area contributed by atoms with Crippen molar-refractivity contribution in [3.05, 3.63) is 28.2 Å². The van der Waals surface area contributed by atoms with Crippen LogP contribution in [-0.4, -0.2) is 45.2 Å². The summed E-state index contributed by atoms with van der Waals surface area (Å²) in [5.74, 6) is -1.83. The molecular weight excluding hydrogens is 384 g/mol. The van der Waals surface area contributed by atoms with Crippen LogP contribution in [0.25, 0.3) is 0 Å². The van der Waals surface area contributed by atoms with Gasteiger partial charge in [-0.1, -0.05) is 6.92 Å². The van der Waals surface area contributed by atoms with Crippen LogP contribution in [0, 0.1) is 0 Å². The molecule has 0 aliphatic carbocycles. The van der Waals surface area contributed by atoms with Crippen LogP contribution in [0.4, 0.5) is 0 Å². The molecule has 0 atom stereocenters. The Balaban J connectivity index is 2.98. The Morgan fingerprint density at radius 1 is 1.19 bits per heavy atom. The second kappa shape index (κ2) is 6.89. The molecule has 0 spiro atoms. The van der Waals surface area contributed by atoms with E-state index in [1.54, 1.807) is 0 Å². The second-order valence-corrected chi connectivity index (χ2v) is 9.76. The summed E-state index contributed by atoms with van der Waals surface area (Å²) >= 11 is 3.07. The van der Waals surface area contributed by atoms with Crippen LogP contribution in [0.2, 0.25) is 0 Å². The topological polar surface area (TPSA) is 106 Å². The first-order valence-electron chi connectivity index (χ1n) is 6.05. The van der Waals surface area contributed by atoms with Crippen LogP contribution < -0.4 is 0 Å². The smallest absolute Gasteiger partial charge is 0.335 e. The van der Waals surface area contributed by atoms with Crippen molar-refractivity contribution >= 4 is 41.6 Å². The number of hydrogen-bond donors (Lipinski definition) is 1. The summed E-state index contributed by atoms with van der Waals surface area (Å²) in [5, 5.41) is 8.89. The maximum atomic E-state index is 12.2. The molecule has 0 aromatic heterocycles. The summed E-state index contributed by atoms with van der Waals surface area (Å²) in [6.07, 6.45) is -0.0255. The van der Waals surface area contributed by atoms with E-state index in [0.717, 1.165) is 6.07 Å². The van der Waals surface area contributed by atoms with Gasteiger partial charge >= 0.3 is 5.97 Å². The zero-order chi connectivity index (χ0) is 16.3. The minimum atomic E-state index is -3.75. The van der Waals surface area contributed by atoms with Crippen LogP contribution >= 0.6 is 15.9 Å². The average Bonchev–Trinajstić information content (AvgIpc) is 2.38. The summed E-state index contributed by atoms with van der Waals surface area (Å²) in [4.78, 5) is 10.7. The standard InChI is InChI=1S/C12H15BrO6S2/c1-2-20(16,17)6-3-7-21(18,19)11-8-9(12(14)15)4-5-10(11)13/h4-5,8H,2-3,6-7H2,1H3,(H,14,15). The fraction of sp³-hybridized carbons (Fsp3) is 0.417. The quantitative estimate of drug-likeness (QED) is 0.749. The van der Waals surface area contributed by atoms with Crippen molar-refractivity contribution in [1.29, 1.82) is 0 Å². The summed E-state index contributed by atoms with van der Waals surface area (Å²) in [7, 11) is -6.98. The number of halogens is 1. The van der Waals surface area contributed by atoms with E-state index < -0.39 is 25.6 Å². The van der Waals surface area contributed by atoms with E-state index in [0.29, 0.717) is 0 Å².